The second kappa shape index (κ2) is 11.0. The molecule has 1 aromatic heterocycles. The lowest BCUT2D eigenvalue weighted by Crippen LogP contribution is -2.36. The Hall–Kier alpha value is -4.02. The number of ether oxygens (including phenoxy) is 3. The van der Waals surface area contributed by atoms with Crippen molar-refractivity contribution in [2.45, 2.75) is 18.3 Å². The van der Waals surface area contributed by atoms with E-state index < -0.39 is 0 Å². The van der Waals surface area contributed by atoms with Gasteiger partial charge in [0.15, 0.2) is 5.75 Å². The number of benzene rings is 3. The monoisotopic (exact) mass is 544 g/mol. The quantitative estimate of drug-likeness (QED) is 0.342. The Morgan fingerprint density at radius 3 is 2.56 bits per heavy atom. The smallest absolute Gasteiger partial charge is 0.286 e. The van der Waals surface area contributed by atoms with Crippen LogP contribution in [0, 0.1) is 0 Å². The van der Waals surface area contributed by atoms with Gasteiger partial charge in [-0.3, -0.25) is 14.9 Å². The van der Waals surface area contributed by atoms with Gasteiger partial charge in [-0.15, -0.1) is 0 Å². The van der Waals surface area contributed by atoms with E-state index in [9.17, 15) is 9.59 Å². The molecule has 2 amide bonds. The number of aryl methyl sites for hydroxylation is 1. The van der Waals surface area contributed by atoms with Crippen LogP contribution in [0.25, 0.3) is 11.0 Å². The lowest BCUT2D eigenvalue weighted by molar-refractivity contribution is -0.118. The van der Waals surface area contributed by atoms with Crippen LogP contribution < -0.4 is 19.7 Å². The summed E-state index contributed by atoms with van der Waals surface area (Å²) in [5.41, 5.74) is 3.84. The fourth-order valence-electron chi connectivity index (χ4n) is 4.76. The largest absolute Gasteiger partial charge is 0.486 e. The molecule has 39 heavy (non-hydrogen) atoms. The molecule has 0 aliphatic carbocycles. The Morgan fingerprint density at radius 2 is 1.79 bits per heavy atom. The summed E-state index contributed by atoms with van der Waals surface area (Å²) in [7, 11) is 1.97. The molecule has 2 fully saturated rings. The zero-order valence-electron chi connectivity index (χ0n) is 21.5. The normalized spacial score (nSPS) is 17.5. The number of hydrogen-bond acceptors (Lipinski definition) is 8. The third-order valence-electron chi connectivity index (χ3n) is 6.87. The van der Waals surface area contributed by atoms with Crippen LogP contribution in [-0.2, 0) is 29.6 Å². The molecule has 0 bridgehead atoms. The number of anilines is 1. The van der Waals surface area contributed by atoms with E-state index in [-0.39, 0.29) is 16.4 Å². The number of para-hydroxylation sites is 2. The van der Waals surface area contributed by atoms with Gasteiger partial charge in [0.25, 0.3) is 5.24 Å². The fraction of sp³-hybridized carbons (Fsp3) is 0.276. The van der Waals surface area contributed by atoms with Crippen molar-refractivity contribution in [3.05, 3.63) is 78.1 Å². The molecule has 1 N–H and O–H groups in total. The first-order valence-corrected chi connectivity index (χ1v) is 13.7. The van der Waals surface area contributed by atoms with Crippen LogP contribution in [0.4, 0.5) is 10.5 Å². The highest BCUT2D eigenvalue weighted by Crippen LogP contribution is 2.34. The summed E-state index contributed by atoms with van der Waals surface area (Å²) in [6.45, 7) is 3.40. The van der Waals surface area contributed by atoms with Gasteiger partial charge in [0.1, 0.15) is 23.9 Å². The van der Waals surface area contributed by atoms with Crippen LogP contribution in [0.2, 0.25) is 0 Å². The summed E-state index contributed by atoms with van der Waals surface area (Å²) in [6.07, 6.45) is 0.495. The topological polar surface area (TPSA) is 94.9 Å². The van der Waals surface area contributed by atoms with Crippen molar-refractivity contribution in [3.63, 3.8) is 0 Å². The number of morpholine rings is 1. The number of thioether (sulfide) groups is 1. The van der Waals surface area contributed by atoms with Crippen molar-refractivity contribution in [1.29, 1.82) is 0 Å². The highest BCUT2D eigenvalue weighted by molar-refractivity contribution is 8.15. The number of hydrogen-bond donors (Lipinski definition) is 1. The number of amides is 2. The Morgan fingerprint density at radius 1 is 1.03 bits per heavy atom. The van der Waals surface area contributed by atoms with E-state index in [0.717, 1.165) is 64.5 Å². The lowest BCUT2D eigenvalue weighted by atomic mass is 10.1. The number of imidazole rings is 1. The van der Waals surface area contributed by atoms with Gasteiger partial charge in [0.2, 0.25) is 5.91 Å². The Kier molecular flexibility index (Phi) is 7.12. The zero-order valence-corrected chi connectivity index (χ0v) is 22.3. The van der Waals surface area contributed by atoms with Crippen LogP contribution >= 0.6 is 11.8 Å². The summed E-state index contributed by atoms with van der Waals surface area (Å²) in [6, 6.07) is 21.5. The highest BCUT2D eigenvalue weighted by Gasteiger charge is 2.31. The molecule has 1 atom stereocenters. The van der Waals surface area contributed by atoms with E-state index in [1.807, 2.05) is 72.3 Å². The molecule has 3 aromatic carbocycles. The molecule has 4 aromatic rings. The SMILES string of the molecule is Cn1c(COc2ccc(CC3SC(=O)NC3=O)cc2)nc2ccc(Oc3ccccc3N3CCOCC3)cc21. The highest BCUT2D eigenvalue weighted by atomic mass is 32.2. The number of aromatic nitrogens is 2. The van der Waals surface area contributed by atoms with Gasteiger partial charge in [-0.25, -0.2) is 4.98 Å². The van der Waals surface area contributed by atoms with Crippen LogP contribution in [0.1, 0.15) is 11.4 Å². The average Bonchev–Trinajstić information content (AvgIpc) is 3.45. The molecule has 1 unspecified atom stereocenters. The second-order valence-corrected chi connectivity index (χ2v) is 10.6. The van der Waals surface area contributed by atoms with Crippen LogP contribution in [0.5, 0.6) is 17.2 Å². The van der Waals surface area contributed by atoms with Crippen molar-refractivity contribution >= 4 is 39.6 Å². The molecular weight excluding hydrogens is 516 g/mol. The van der Waals surface area contributed by atoms with E-state index in [1.165, 1.54) is 0 Å². The number of rotatable bonds is 8. The number of imide groups is 1. The van der Waals surface area contributed by atoms with Gasteiger partial charge in [-0.2, -0.15) is 0 Å². The number of nitrogens with zero attached hydrogens (tertiary/aromatic N) is 3. The van der Waals surface area contributed by atoms with Crippen molar-refractivity contribution in [3.8, 4) is 17.2 Å². The molecule has 3 heterocycles. The minimum Gasteiger partial charge on any atom is -0.486 e. The Bertz CT molecular complexity index is 1510. The van der Waals surface area contributed by atoms with Crippen LogP contribution in [-0.4, -0.2) is 52.3 Å². The first-order chi connectivity index (χ1) is 19.0. The van der Waals surface area contributed by atoms with Crippen molar-refractivity contribution in [2.24, 2.45) is 7.05 Å². The number of carbonyl (C=O) groups is 2. The predicted molar refractivity (Wildman–Crippen MR) is 150 cm³/mol. The maximum Gasteiger partial charge on any atom is 0.286 e. The minimum atomic E-state index is -0.383. The fourth-order valence-corrected chi connectivity index (χ4v) is 5.62. The Balaban J connectivity index is 1.12. The zero-order chi connectivity index (χ0) is 26.8. The van der Waals surface area contributed by atoms with Gasteiger partial charge >= 0.3 is 0 Å². The molecule has 0 spiro atoms. The Labute approximate surface area is 230 Å². The summed E-state index contributed by atoms with van der Waals surface area (Å²) in [4.78, 5) is 30.2. The molecular formula is C29H28N4O5S. The van der Waals surface area contributed by atoms with E-state index in [1.54, 1.807) is 0 Å². The number of carbonyl (C=O) groups excluding carboxylic acids is 2. The molecule has 6 rings (SSSR count). The van der Waals surface area contributed by atoms with Crippen LogP contribution in [0.15, 0.2) is 66.7 Å². The standard InChI is InChI=1S/C29H28N4O5S/c1-32-24-17-21(38-25-5-3-2-4-23(25)33-12-14-36-15-13-33)10-11-22(24)30-27(32)18-37-20-8-6-19(7-9-20)16-26-28(34)31-29(35)39-26/h2-11,17,26H,12-16,18H2,1H3,(H,31,34,35). The third-order valence-corrected chi connectivity index (χ3v) is 7.85. The molecule has 2 saturated heterocycles. The number of fused-ring (bicyclic) bond motifs is 1. The van der Waals surface area contributed by atoms with E-state index in [0.29, 0.717) is 32.0 Å². The van der Waals surface area contributed by atoms with Gasteiger partial charge in [0, 0.05) is 26.2 Å². The van der Waals surface area contributed by atoms with Gasteiger partial charge < -0.3 is 23.7 Å². The molecule has 200 valence electrons. The van der Waals surface area contributed by atoms with Gasteiger partial charge in [-0.05, 0) is 48.4 Å². The van der Waals surface area contributed by atoms with Gasteiger partial charge in [-0.1, -0.05) is 36.0 Å². The van der Waals surface area contributed by atoms with E-state index >= 15 is 0 Å². The van der Waals surface area contributed by atoms with E-state index in [2.05, 4.69) is 16.3 Å². The van der Waals surface area contributed by atoms with Crippen molar-refractivity contribution in [2.75, 3.05) is 31.2 Å². The van der Waals surface area contributed by atoms with Gasteiger partial charge in [0.05, 0.1) is 35.2 Å². The first kappa shape index (κ1) is 25.3. The summed E-state index contributed by atoms with van der Waals surface area (Å²) in [5, 5.41) is 1.65. The molecule has 2 aliphatic rings. The maximum absolute atomic E-state index is 11.8. The van der Waals surface area contributed by atoms with E-state index in [4.69, 9.17) is 19.2 Å². The number of nitrogens with one attached hydrogen (secondary N) is 1. The summed E-state index contributed by atoms with van der Waals surface area (Å²) in [5.74, 6) is 2.81. The van der Waals surface area contributed by atoms with Crippen LogP contribution in [0.3, 0.4) is 0 Å². The van der Waals surface area contributed by atoms with Crippen molar-refractivity contribution < 1.29 is 23.8 Å². The predicted octanol–water partition coefficient (Wildman–Crippen LogP) is 4.68. The summed E-state index contributed by atoms with van der Waals surface area (Å²) >= 11 is 1.03. The average molecular weight is 545 g/mol. The third kappa shape index (κ3) is 5.57. The second-order valence-electron chi connectivity index (χ2n) is 9.43. The van der Waals surface area contributed by atoms with Crippen molar-refractivity contribution in [1.82, 2.24) is 14.9 Å². The maximum atomic E-state index is 11.8. The first-order valence-electron chi connectivity index (χ1n) is 12.8. The minimum absolute atomic E-state index is 0.234. The molecule has 0 saturated carbocycles. The molecule has 9 nitrogen and oxygen atoms in total. The molecule has 2 aliphatic heterocycles. The molecule has 0 radical (unpaired) electrons. The molecule has 10 heteroatoms. The summed E-state index contributed by atoms with van der Waals surface area (Å²) < 4.78 is 19.9. The lowest BCUT2D eigenvalue weighted by Gasteiger charge is -2.30.